The van der Waals surface area contributed by atoms with Gasteiger partial charge in [-0.05, 0) is 28.5 Å². The van der Waals surface area contributed by atoms with E-state index in [1.54, 1.807) is 17.4 Å². The molecular formula is C12H15NO3S. The number of hydrogen-bond donors (Lipinski definition) is 2. The zero-order valence-electron chi connectivity index (χ0n) is 9.39. The van der Waals surface area contributed by atoms with Crippen molar-refractivity contribution in [1.82, 2.24) is 5.32 Å². The number of rotatable bonds is 4. The minimum absolute atomic E-state index is 0.198. The van der Waals surface area contributed by atoms with Crippen LogP contribution >= 0.6 is 11.3 Å². The normalized spacial score (nSPS) is 24.3. The predicted molar refractivity (Wildman–Crippen MR) is 66.7 cm³/mol. The van der Waals surface area contributed by atoms with Crippen LogP contribution in [-0.4, -0.2) is 36.4 Å². The lowest BCUT2D eigenvalue weighted by molar-refractivity contribution is -0.117. The van der Waals surface area contributed by atoms with Crippen LogP contribution in [0, 0.1) is 0 Å². The highest BCUT2D eigenvalue weighted by molar-refractivity contribution is 7.08. The zero-order chi connectivity index (χ0) is 12.1. The van der Waals surface area contributed by atoms with Gasteiger partial charge in [0.15, 0.2) is 0 Å². The Morgan fingerprint density at radius 2 is 2.59 bits per heavy atom. The summed E-state index contributed by atoms with van der Waals surface area (Å²) >= 11 is 1.58. The molecule has 0 radical (unpaired) electrons. The largest absolute Gasteiger partial charge is 0.386 e. The van der Waals surface area contributed by atoms with Crippen molar-refractivity contribution >= 4 is 23.3 Å². The fourth-order valence-corrected chi connectivity index (χ4v) is 2.22. The van der Waals surface area contributed by atoms with E-state index in [2.05, 4.69) is 5.32 Å². The molecule has 0 saturated carbocycles. The van der Waals surface area contributed by atoms with E-state index >= 15 is 0 Å². The molecule has 1 aliphatic heterocycles. The van der Waals surface area contributed by atoms with Crippen molar-refractivity contribution in [3.63, 3.8) is 0 Å². The van der Waals surface area contributed by atoms with Crippen molar-refractivity contribution in [1.29, 1.82) is 0 Å². The Morgan fingerprint density at radius 3 is 3.24 bits per heavy atom. The predicted octanol–water partition coefficient (Wildman–Crippen LogP) is 1.03. The summed E-state index contributed by atoms with van der Waals surface area (Å²) in [7, 11) is 0. The van der Waals surface area contributed by atoms with Crippen molar-refractivity contribution < 1.29 is 14.6 Å². The molecule has 92 valence electrons. The van der Waals surface area contributed by atoms with Crippen molar-refractivity contribution in [2.24, 2.45) is 0 Å². The zero-order valence-corrected chi connectivity index (χ0v) is 10.2. The Balaban J connectivity index is 1.78. The van der Waals surface area contributed by atoms with E-state index in [0.717, 1.165) is 5.56 Å². The summed E-state index contributed by atoms with van der Waals surface area (Å²) in [5.41, 5.74) is 0.111. The van der Waals surface area contributed by atoms with Crippen LogP contribution in [0.2, 0.25) is 0 Å². The van der Waals surface area contributed by atoms with Crippen molar-refractivity contribution in [2.75, 3.05) is 19.8 Å². The number of carbonyl (C=O) groups excluding carboxylic acids is 1. The third-order valence-corrected chi connectivity index (χ3v) is 3.35. The van der Waals surface area contributed by atoms with Crippen LogP contribution in [0.25, 0.3) is 6.08 Å². The van der Waals surface area contributed by atoms with Gasteiger partial charge in [0, 0.05) is 25.6 Å². The third-order valence-electron chi connectivity index (χ3n) is 2.64. The molecule has 17 heavy (non-hydrogen) atoms. The third kappa shape index (κ3) is 3.66. The Kier molecular flexibility index (Phi) is 3.93. The minimum atomic E-state index is -0.897. The number of carbonyl (C=O) groups is 1. The van der Waals surface area contributed by atoms with Gasteiger partial charge in [0.05, 0.1) is 6.61 Å². The number of thiophene rings is 1. The number of ether oxygens (including phenoxy) is 1. The summed E-state index contributed by atoms with van der Waals surface area (Å²) in [5.74, 6) is -0.198. The van der Waals surface area contributed by atoms with E-state index in [0.29, 0.717) is 19.6 Å². The van der Waals surface area contributed by atoms with Gasteiger partial charge in [-0.3, -0.25) is 4.79 Å². The smallest absolute Gasteiger partial charge is 0.244 e. The highest BCUT2D eigenvalue weighted by Crippen LogP contribution is 2.16. The molecule has 1 unspecified atom stereocenters. The molecule has 1 saturated heterocycles. The van der Waals surface area contributed by atoms with Crippen LogP contribution < -0.4 is 5.32 Å². The van der Waals surface area contributed by atoms with Gasteiger partial charge in [-0.2, -0.15) is 11.3 Å². The Bertz CT molecular complexity index is 394. The molecule has 0 bridgehead atoms. The maximum Gasteiger partial charge on any atom is 0.244 e. The summed E-state index contributed by atoms with van der Waals surface area (Å²) < 4.78 is 5.09. The minimum Gasteiger partial charge on any atom is -0.386 e. The molecule has 2 N–H and O–H groups in total. The lowest BCUT2D eigenvalue weighted by Gasteiger charge is -2.19. The first-order valence-electron chi connectivity index (χ1n) is 5.46. The fraction of sp³-hybridized carbons (Fsp3) is 0.417. The van der Waals surface area contributed by atoms with E-state index in [1.165, 1.54) is 6.08 Å². The van der Waals surface area contributed by atoms with Crippen molar-refractivity contribution in [3.8, 4) is 0 Å². The second kappa shape index (κ2) is 5.44. The molecule has 5 heteroatoms. The lowest BCUT2D eigenvalue weighted by atomic mass is 10.0. The monoisotopic (exact) mass is 253 g/mol. The molecular weight excluding hydrogens is 238 g/mol. The van der Waals surface area contributed by atoms with Crippen molar-refractivity contribution in [3.05, 3.63) is 28.5 Å². The first-order valence-corrected chi connectivity index (χ1v) is 6.40. The quantitative estimate of drug-likeness (QED) is 0.788. The topological polar surface area (TPSA) is 58.6 Å². The van der Waals surface area contributed by atoms with Gasteiger partial charge in [0.1, 0.15) is 5.60 Å². The van der Waals surface area contributed by atoms with Gasteiger partial charge in [-0.1, -0.05) is 0 Å². The van der Waals surface area contributed by atoms with Crippen LogP contribution in [-0.2, 0) is 9.53 Å². The molecule has 1 aliphatic rings. The summed E-state index contributed by atoms with van der Waals surface area (Å²) in [6.07, 6.45) is 3.80. The molecule has 2 rings (SSSR count). The van der Waals surface area contributed by atoms with Gasteiger partial charge in [-0.15, -0.1) is 0 Å². The maximum absolute atomic E-state index is 11.5. The van der Waals surface area contributed by atoms with Crippen LogP contribution in [0.1, 0.15) is 12.0 Å². The highest BCUT2D eigenvalue weighted by atomic mass is 32.1. The molecule has 4 nitrogen and oxygen atoms in total. The summed E-state index contributed by atoms with van der Waals surface area (Å²) in [6, 6.07) is 1.94. The van der Waals surface area contributed by atoms with Gasteiger partial charge in [0.25, 0.3) is 0 Å². The Morgan fingerprint density at radius 1 is 1.71 bits per heavy atom. The highest BCUT2D eigenvalue weighted by Gasteiger charge is 2.32. The first-order chi connectivity index (χ1) is 8.18. The molecule has 1 amide bonds. The standard InChI is InChI=1S/C12H15NO3S/c14-11(2-1-10-3-6-17-7-10)13-8-12(15)4-5-16-9-12/h1-3,6-7,15H,4-5,8-9H2,(H,13,14)/b2-1+. The average Bonchev–Trinajstić information content (AvgIpc) is 2.95. The van der Waals surface area contributed by atoms with Crippen molar-refractivity contribution in [2.45, 2.75) is 12.0 Å². The number of nitrogens with one attached hydrogen (secondary N) is 1. The molecule has 1 aromatic heterocycles. The fourth-order valence-electron chi connectivity index (χ4n) is 1.59. The van der Waals surface area contributed by atoms with Gasteiger partial charge >= 0.3 is 0 Å². The van der Waals surface area contributed by atoms with Gasteiger partial charge in [-0.25, -0.2) is 0 Å². The summed E-state index contributed by atoms with van der Waals surface area (Å²) in [5, 5.41) is 16.5. The molecule has 1 fully saturated rings. The molecule has 0 aliphatic carbocycles. The van der Waals surface area contributed by atoms with Crippen LogP contribution in [0.15, 0.2) is 22.9 Å². The molecule has 2 heterocycles. The van der Waals surface area contributed by atoms with E-state index in [4.69, 9.17) is 4.74 Å². The first kappa shape index (κ1) is 12.3. The Hall–Kier alpha value is -1.17. The van der Waals surface area contributed by atoms with Crippen LogP contribution in [0.5, 0.6) is 0 Å². The van der Waals surface area contributed by atoms with E-state index in [1.807, 2.05) is 16.8 Å². The van der Waals surface area contributed by atoms with Gasteiger partial charge < -0.3 is 15.2 Å². The van der Waals surface area contributed by atoms with E-state index in [9.17, 15) is 9.90 Å². The summed E-state index contributed by atoms with van der Waals surface area (Å²) in [4.78, 5) is 11.5. The molecule has 0 spiro atoms. The van der Waals surface area contributed by atoms with Gasteiger partial charge in [0.2, 0.25) is 5.91 Å². The van der Waals surface area contributed by atoms with Crippen LogP contribution in [0.4, 0.5) is 0 Å². The second-order valence-electron chi connectivity index (χ2n) is 4.13. The number of amides is 1. The number of aliphatic hydroxyl groups is 1. The maximum atomic E-state index is 11.5. The molecule has 1 atom stereocenters. The number of hydrogen-bond acceptors (Lipinski definition) is 4. The lowest BCUT2D eigenvalue weighted by Crippen LogP contribution is -2.42. The molecule has 1 aromatic rings. The average molecular weight is 253 g/mol. The van der Waals surface area contributed by atoms with E-state index < -0.39 is 5.60 Å². The summed E-state index contributed by atoms with van der Waals surface area (Å²) in [6.45, 7) is 1.08. The second-order valence-corrected chi connectivity index (χ2v) is 4.91. The van der Waals surface area contributed by atoms with E-state index in [-0.39, 0.29) is 12.5 Å². The Labute approximate surface area is 104 Å². The molecule has 0 aromatic carbocycles. The van der Waals surface area contributed by atoms with Crippen LogP contribution in [0.3, 0.4) is 0 Å². The SMILES string of the molecule is O=C(/C=C/c1ccsc1)NCC1(O)CCOC1.